The Kier molecular flexibility index (Phi) is 11.1. The molecule has 0 spiro atoms. The van der Waals surface area contributed by atoms with Gasteiger partial charge in [0, 0.05) is 19.6 Å². The first kappa shape index (κ1) is 22.0. The van der Waals surface area contributed by atoms with Gasteiger partial charge in [-0.05, 0) is 32.0 Å². The fourth-order valence-corrected chi connectivity index (χ4v) is 2.80. The Hall–Kier alpha value is -2.08. The van der Waals surface area contributed by atoms with Crippen LogP contribution < -0.4 is 16.0 Å². The van der Waals surface area contributed by atoms with Gasteiger partial charge in [-0.15, -0.1) is 0 Å². The maximum Gasteiger partial charge on any atom is 0.241 e. The minimum Gasteiger partial charge on any atom is -0.357 e. The summed E-state index contributed by atoms with van der Waals surface area (Å²) in [7, 11) is 0. The topological polar surface area (TPSA) is 68.8 Å². The molecular formula is C20H35N5O. The summed E-state index contributed by atoms with van der Waals surface area (Å²) in [6.45, 7) is 12.7. The minimum atomic E-state index is -0.0487. The predicted octanol–water partition coefficient (Wildman–Crippen LogP) is 2.15. The van der Waals surface area contributed by atoms with E-state index in [-0.39, 0.29) is 18.5 Å². The third kappa shape index (κ3) is 7.87. The quantitative estimate of drug-likeness (QED) is 0.417. The molecule has 0 bridgehead atoms. The van der Waals surface area contributed by atoms with Crippen LogP contribution in [0.2, 0.25) is 0 Å². The molecule has 26 heavy (non-hydrogen) atoms. The summed E-state index contributed by atoms with van der Waals surface area (Å²) in [5, 5.41) is 9.46. The Balaban J connectivity index is 2.76. The molecule has 3 N–H and O–H groups in total. The third-order valence-electron chi connectivity index (χ3n) is 4.20. The minimum absolute atomic E-state index is 0.0487. The standard InChI is InChI=1S/C20H35N5O/c1-5-14-22-19(26)16-24-20(21-6-2)23-15-18(25(7-3)8-4)17-12-10-9-11-13-17/h9-13,18H,5-8,14-16H2,1-4H3,(H,22,26)(H2,21,23,24). The van der Waals surface area contributed by atoms with Gasteiger partial charge in [0.1, 0.15) is 6.54 Å². The number of amides is 1. The van der Waals surface area contributed by atoms with Crippen LogP contribution in [0.25, 0.3) is 0 Å². The lowest BCUT2D eigenvalue weighted by Gasteiger charge is -2.30. The molecule has 0 aliphatic heterocycles. The van der Waals surface area contributed by atoms with Crippen LogP contribution in [0.3, 0.4) is 0 Å². The summed E-state index contributed by atoms with van der Waals surface area (Å²) in [6, 6.07) is 10.8. The molecule has 0 saturated heterocycles. The lowest BCUT2D eigenvalue weighted by molar-refractivity contribution is -0.119. The molecular weight excluding hydrogens is 326 g/mol. The molecule has 1 aromatic rings. The first-order valence-electron chi connectivity index (χ1n) is 9.73. The highest BCUT2D eigenvalue weighted by atomic mass is 16.1. The largest absolute Gasteiger partial charge is 0.357 e. The van der Waals surface area contributed by atoms with Crippen molar-refractivity contribution in [2.45, 2.75) is 40.2 Å². The van der Waals surface area contributed by atoms with Crippen LogP contribution in [0.1, 0.15) is 45.7 Å². The SMILES string of the molecule is CCCNC(=O)CN=C(NCC)NCC(c1ccccc1)N(CC)CC. The predicted molar refractivity (Wildman–Crippen MR) is 109 cm³/mol. The highest BCUT2D eigenvalue weighted by Crippen LogP contribution is 2.19. The zero-order valence-corrected chi connectivity index (χ0v) is 16.7. The number of hydrogen-bond donors (Lipinski definition) is 3. The summed E-state index contributed by atoms with van der Waals surface area (Å²) >= 11 is 0. The van der Waals surface area contributed by atoms with Crippen LogP contribution in [-0.2, 0) is 4.79 Å². The highest BCUT2D eigenvalue weighted by molar-refractivity contribution is 5.84. The Bertz CT molecular complexity index is 528. The van der Waals surface area contributed by atoms with E-state index >= 15 is 0 Å². The Labute approximate surface area is 158 Å². The van der Waals surface area contributed by atoms with Crippen LogP contribution in [0.4, 0.5) is 0 Å². The van der Waals surface area contributed by atoms with E-state index in [1.165, 1.54) is 5.56 Å². The van der Waals surface area contributed by atoms with E-state index in [4.69, 9.17) is 0 Å². The number of benzene rings is 1. The second-order valence-corrected chi connectivity index (χ2v) is 6.07. The number of aliphatic imine (C=N–C) groups is 1. The number of hydrogen-bond acceptors (Lipinski definition) is 3. The molecule has 1 rings (SSSR count). The van der Waals surface area contributed by atoms with Crippen molar-refractivity contribution in [3.8, 4) is 0 Å². The van der Waals surface area contributed by atoms with E-state index < -0.39 is 0 Å². The maximum atomic E-state index is 11.8. The van der Waals surface area contributed by atoms with Crippen molar-refractivity contribution in [2.24, 2.45) is 4.99 Å². The molecule has 146 valence electrons. The summed E-state index contributed by atoms with van der Waals surface area (Å²) in [4.78, 5) is 18.6. The molecule has 0 heterocycles. The molecule has 1 amide bonds. The summed E-state index contributed by atoms with van der Waals surface area (Å²) in [5.74, 6) is 0.625. The number of carbonyl (C=O) groups is 1. The monoisotopic (exact) mass is 361 g/mol. The van der Waals surface area contributed by atoms with Crippen molar-refractivity contribution in [3.05, 3.63) is 35.9 Å². The second kappa shape index (κ2) is 13.2. The molecule has 0 aliphatic carbocycles. The maximum absolute atomic E-state index is 11.8. The molecule has 0 fully saturated rings. The van der Waals surface area contributed by atoms with E-state index in [0.717, 1.165) is 32.6 Å². The van der Waals surface area contributed by atoms with E-state index in [1.54, 1.807) is 0 Å². The van der Waals surface area contributed by atoms with Crippen molar-refractivity contribution >= 4 is 11.9 Å². The third-order valence-corrected chi connectivity index (χ3v) is 4.20. The Morgan fingerprint density at radius 3 is 2.31 bits per heavy atom. The highest BCUT2D eigenvalue weighted by Gasteiger charge is 2.18. The average Bonchev–Trinajstić information content (AvgIpc) is 2.68. The van der Waals surface area contributed by atoms with Gasteiger partial charge < -0.3 is 16.0 Å². The van der Waals surface area contributed by atoms with Gasteiger partial charge in [0.2, 0.25) is 5.91 Å². The van der Waals surface area contributed by atoms with Gasteiger partial charge in [0.05, 0.1) is 6.04 Å². The van der Waals surface area contributed by atoms with Crippen LogP contribution in [0.15, 0.2) is 35.3 Å². The van der Waals surface area contributed by atoms with Crippen molar-refractivity contribution in [1.82, 2.24) is 20.9 Å². The smallest absolute Gasteiger partial charge is 0.241 e. The molecule has 6 heteroatoms. The summed E-state index contributed by atoms with van der Waals surface area (Å²) in [5.41, 5.74) is 1.28. The van der Waals surface area contributed by atoms with Crippen LogP contribution >= 0.6 is 0 Å². The second-order valence-electron chi connectivity index (χ2n) is 6.07. The van der Waals surface area contributed by atoms with Gasteiger partial charge >= 0.3 is 0 Å². The van der Waals surface area contributed by atoms with Gasteiger partial charge in [-0.2, -0.15) is 0 Å². The summed E-state index contributed by atoms with van der Waals surface area (Å²) < 4.78 is 0. The number of rotatable bonds is 11. The van der Waals surface area contributed by atoms with Crippen molar-refractivity contribution < 1.29 is 4.79 Å². The van der Waals surface area contributed by atoms with Gasteiger partial charge in [-0.3, -0.25) is 9.69 Å². The molecule has 1 unspecified atom stereocenters. The van der Waals surface area contributed by atoms with Crippen molar-refractivity contribution in [1.29, 1.82) is 0 Å². The van der Waals surface area contributed by atoms with Gasteiger partial charge in [-0.25, -0.2) is 4.99 Å². The molecule has 0 saturated carbocycles. The molecule has 0 aromatic heterocycles. The zero-order chi connectivity index (χ0) is 19.2. The molecule has 0 radical (unpaired) electrons. The van der Waals surface area contributed by atoms with E-state index in [9.17, 15) is 4.79 Å². The first-order valence-corrected chi connectivity index (χ1v) is 9.73. The fourth-order valence-electron chi connectivity index (χ4n) is 2.80. The van der Waals surface area contributed by atoms with Crippen LogP contribution in [0, 0.1) is 0 Å². The van der Waals surface area contributed by atoms with Gasteiger partial charge in [-0.1, -0.05) is 51.1 Å². The number of nitrogens with one attached hydrogen (secondary N) is 3. The molecule has 1 aromatic carbocycles. The van der Waals surface area contributed by atoms with E-state index in [1.807, 2.05) is 19.9 Å². The fraction of sp³-hybridized carbons (Fsp3) is 0.600. The lowest BCUT2D eigenvalue weighted by Crippen LogP contribution is -2.43. The van der Waals surface area contributed by atoms with Crippen molar-refractivity contribution in [2.75, 3.05) is 39.3 Å². The Morgan fingerprint density at radius 1 is 1.04 bits per heavy atom. The average molecular weight is 362 g/mol. The van der Waals surface area contributed by atoms with Crippen LogP contribution in [0.5, 0.6) is 0 Å². The Morgan fingerprint density at radius 2 is 1.73 bits per heavy atom. The molecule has 6 nitrogen and oxygen atoms in total. The zero-order valence-electron chi connectivity index (χ0n) is 16.7. The normalized spacial score (nSPS) is 12.7. The van der Waals surface area contributed by atoms with E-state index in [2.05, 4.69) is 64.0 Å². The first-order chi connectivity index (χ1) is 12.7. The number of likely N-dealkylation sites (N-methyl/N-ethyl adjacent to an activating group) is 1. The summed E-state index contributed by atoms with van der Waals surface area (Å²) in [6.07, 6.45) is 0.927. The molecule has 1 atom stereocenters. The van der Waals surface area contributed by atoms with Gasteiger partial charge in [0.25, 0.3) is 0 Å². The van der Waals surface area contributed by atoms with Crippen molar-refractivity contribution in [3.63, 3.8) is 0 Å². The van der Waals surface area contributed by atoms with Crippen LogP contribution in [-0.4, -0.2) is 56.0 Å². The van der Waals surface area contributed by atoms with E-state index in [0.29, 0.717) is 12.5 Å². The number of nitrogens with zero attached hydrogens (tertiary/aromatic N) is 2. The number of guanidine groups is 1. The lowest BCUT2D eigenvalue weighted by atomic mass is 10.1. The van der Waals surface area contributed by atoms with Gasteiger partial charge in [0.15, 0.2) is 5.96 Å². The number of carbonyl (C=O) groups excluding carboxylic acids is 1. The molecule has 0 aliphatic rings.